The molecule has 1 N–H and O–H groups in total. The average Bonchev–Trinajstić information content (AvgIpc) is 2.31. The van der Waals surface area contributed by atoms with Crippen LogP contribution in [-0.2, 0) is 18.6 Å². The van der Waals surface area contributed by atoms with Gasteiger partial charge in [0.1, 0.15) is 5.75 Å². The minimum atomic E-state index is -3.87. The van der Waals surface area contributed by atoms with Crippen molar-refractivity contribution >= 4 is 31.5 Å². The Hall–Kier alpha value is -1.60. The molecule has 1 saturated heterocycles. The summed E-state index contributed by atoms with van der Waals surface area (Å²) in [5, 5.41) is 2.16. The topological polar surface area (TPSA) is 89.5 Å². The third kappa shape index (κ3) is 3.49. The Labute approximate surface area is 120 Å². The van der Waals surface area contributed by atoms with Crippen LogP contribution in [0, 0.1) is 6.92 Å². The van der Waals surface area contributed by atoms with E-state index in [1.165, 1.54) is 12.1 Å². The summed E-state index contributed by atoms with van der Waals surface area (Å²) in [6.45, 7) is 1.68. The molecule has 0 saturated carbocycles. The van der Waals surface area contributed by atoms with Crippen molar-refractivity contribution in [1.29, 1.82) is 0 Å². The molecule has 2 amide bonds. The zero-order valence-corrected chi connectivity index (χ0v) is 12.1. The minimum Gasteiger partial charge on any atom is -0.481 e. The molecule has 1 atom stereocenters. The van der Waals surface area contributed by atoms with Crippen molar-refractivity contribution in [3.05, 3.63) is 23.8 Å². The van der Waals surface area contributed by atoms with Gasteiger partial charge in [-0.05, 0) is 24.6 Å². The average molecular weight is 318 g/mol. The summed E-state index contributed by atoms with van der Waals surface area (Å²) in [4.78, 5) is 22.5. The fourth-order valence-electron chi connectivity index (χ4n) is 1.87. The summed E-state index contributed by atoms with van der Waals surface area (Å²) in [5.74, 6) is -0.653. The number of amides is 2. The van der Waals surface area contributed by atoms with Crippen LogP contribution in [0.3, 0.4) is 0 Å². The van der Waals surface area contributed by atoms with Crippen molar-refractivity contribution in [3.8, 4) is 5.75 Å². The normalized spacial score (nSPS) is 19.6. The van der Waals surface area contributed by atoms with E-state index in [9.17, 15) is 18.0 Å². The number of benzene rings is 1. The lowest BCUT2D eigenvalue weighted by molar-refractivity contribution is -0.138. The Kier molecular flexibility index (Phi) is 4.01. The second-order valence-corrected chi connectivity index (χ2v) is 7.04. The predicted octanol–water partition coefficient (Wildman–Crippen LogP) is 1.11. The van der Waals surface area contributed by atoms with Gasteiger partial charge in [0, 0.05) is 29.6 Å². The van der Waals surface area contributed by atoms with Gasteiger partial charge in [-0.15, -0.1) is 0 Å². The molecule has 1 aliphatic heterocycles. The summed E-state index contributed by atoms with van der Waals surface area (Å²) in [6.07, 6.45) is -0.384. The van der Waals surface area contributed by atoms with Gasteiger partial charge in [0.25, 0.3) is 15.0 Å². The van der Waals surface area contributed by atoms with Crippen molar-refractivity contribution in [1.82, 2.24) is 5.32 Å². The molecule has 2 rings (SSSR count). The lowest BCUT2D eigenvalue weighted by Crippen LogP contribution is -2.46. The molecule has 6 nitrogen and oxygen atoms in total. The first-order valence-corrected chi connectivity index (χ1v) is 8.13. The van der Waals surface area contributed by atoms with E-state index < -0.39 is 21.1 Å². The highest BCUT2D eigenvalue weighted by Crippen LogP contribution is 2.25. The monoisotopic (exact) mass is 317 g/mol. The number of ether oxygens (including phenoxy) is 1. The van der Waals surface area contributed by atoms with Crippen molar-refractivity contribution < 1.29 is 22.7 Å². The molecular formula is C12H12ClNO5S. The Morgan fingerprint density at radius 3 is 2.60 bits per heavy atom. The van der Waals surface area contributed by atoms with Gasteiger partial charge >= 0.3 is 0 Å². The molecule has 1 aromatic carbocycles. The highest BCUT2D eigenvalue weighted by atomic mass is 35.7. The summed E-state index contributed by atoms with van der Waals surface area (Å²) >= 11 is 0. The van der Waals surface area contributed by atoms with E-state index in [1.807, 2.05) is 0 Å². The van der Waals surface area contributed by atoms with E-state index in [-0.39, 0.29) is 29.4 Å². The zero-order chi connectivity index (χ0) is 14.9. The molecule has 0 radical (unpaired) electrons. The lowest BCUT2D eigenvalue weighted by atomic mass is 10.1. The van der Waals surface area contributed by atoms with Gasteiger partial charge in [0.05, 0.1) is 4.90 Å². The number of hydrogen-bond donors (Lipinski definition) is 1. The van der Waals surface area contributed by atoms with E-state index in [0.717, 1.165) is 0 Å². The summed E-state index contributed by atoms with van der Waals surface area (Å²) in [6, 6.07) is 4.24. The molecule has 1 aliphatic rings. The maximum Gasteiger partial charge on any atom is 0.267 e. The number of nitrogens with one attached hydrogen (secondary N) is 1. The van der Waals surface area contributed by atoms with Crippen LogP contribution in [-0.4, -0.2) is 26.3 Å². The SMILES string of the molecule is Cc1cc(OC2CCC(=O)NC2=O)cc(S(=O)(=O)Cl)c1. The quantitative estimate of drug-likeness (QED) is 0.666. The van der Waals surface area contributed by atoms with E-state index in [0.29, 0.717) is 5.56 Å². The van der Waals surface area contributed by atoms with Crippen LogP contribution in [0.15, 0.2) is 23.1 Å². The number of halogens is 1. The predicted molar refractivity (Wildman–Crippen MR) is 71.0 cm³/mol. The number of aryl methyl sites for hydroxylation is 1. The molecule has 20 heavy (non-hydrogen) atoms. The Morgan fingerprint density at radius 1 is 1.30 bits per heavy atom. The van der Waals surface area contributed by atoms with Crippen molar-refractivity contribution in [2.24, 2.45) is 0 Å². The van der Waals surface area contributed by atoms with Crippen LogP contribution in [0.5, 0.6) is 5.75 Å². The molecule has 0 aromatic heterocycles. The van der Waals surface area contributed by atoms with Crippen LogP contribution in [0.1, 0.15) is 18.4 Å². The van der Waals surface area contributed by atoms with E-state index in [2.05, 4.69) is 5.32 Å². The van der Waals surface area contributed by atoms with Gasteiger partial charge in [0.2, 0.25) is 5.91 Å². The molecule has 0 spiro atoms. The maximum atomic E-state index is 11.6. The summed E-state index contributed by atoms with van der Waals surface area (Å²) in [7, 11) is 1.41. The van der Waals surface area contributed by atoms with Crippen LogP contribution >= 0.6 is 10.7 Å². The van der Waals surface area contributed by atoms with Gasteiger partial charge in [-0.1, -0.05) is 0 Å². The highest BCUT2D eigenvalue weighted by molar-refractivity contribution is 8.13. The fraction of sp³-hybridized carbons (Fsp3) is 0.333. The van der Waals surface area contributed by atoms with Crippen molar-refractivity contribution in [2.75, 3.05) is 0 Å². The third-order valence-electron chi connectivity index (χ3n) is 2.77. The lowest BCUT2D eigenvalue weighted by Gasteiger charge is -2.22. The summed E-state index contributed by atoms with van der Waals surface area (Å²) < 4.78 is 28.1. The molecule has 1 unspecified atom stereocenters. The maximum absolute atomic E-state index is 11.6. The molecular weight excluding hydrogens is 306 g/mol. The first kappa shape index (κ1) is 14.8. The summed E-state index contributed by atoms with van der Waals surface area (Å²) in [5.41, 5.74) is 0.633. The van der Waals surface area contributed by atoms with E-state index in [1.54, 1.807) is 13.0 Å². The number of carbonyl (C=O) groups is 2. The smallest absolute Gasteiger partial charge is 0.267 e. The Balaban J connectivity index is 2.24. The van der Waals surface area contributed by atoms with Gasteiger partial charge < -0.3 is 4.74 Å². The minimum absolute atomic E-state index is 0.0959. The number of piperidine rings is 1. The van der Waals surface area contributed by atoms with Crippen LogP contribution in [0.2, 0.25) is 0 Å². The first-order chi connectivity index (χ1) is 9.25. The molecule has 1 aromatic rings. The van der Waals surface area contributed by atoms with E-state index in [4.69, 9.17) is 15.4 Å². The third-order valence-corrected chi connectivity index (χ3v) is 4.11. The molecule has 0 aliphatic carbocycles. The van der Waals surface area contributed by atoms with Gasteiger partial charge in [-0.3, -0.25) is 14.9 Å². The molecule has 1 heterocycles. The van der Waals surface area contributed by atoms with Crippen molar-refractivity contribution in [2.45, 2.75) is 30.8 Å². The Morgan fingerprint density at radius 2 is 2.00 bits per heavy atom. The molecule has 8 heteroatoms. The number of carbonyl (C=O) groups excluding carboxylic acids is 2. The molecule has 108 valence electrons. The second kappa shape index (κ2) is 5.41. The largest absolute Gasteiger partial charge is 0.481 e. The number of rotatable bonds is 3. The van der Waals surface area contributed by atoms with Crippen LogP contribution < -0.4 is 10.1 Å². The number of imide groups is 1. The van der Waals surface area contributed by atoms with Gasteiger partial charge in [0.15, 0.2) is 6.10 Å². The van der Waals surface area contributed by atoms with E-state index >= 15 is 0 Å². The standard InChI is InChI=1S/C12H12ClNO5S/c1-7-4-8(6-9(5-7)20(13,17)18)19-10-2-3-11(15)14-12(10)16/h4-6,10H,2-3H2,1H3,(H,14,15,16). The van der Waals surface area contributed by atoms with Crippen molar-refractivity contribution in [3.63, 3.8) is 0 Å². The Bertz CT molecular complexity index is 670. The van der Waals surface area contributed by atoms with Crippen LogP contribution in [0.4, 0.5) is 0 Å². The van der Waals surface area contributed by atoms with Gasteiger partial charge in [-0.2, -0.15) is 0 Å². The second-order valence-electron chi connectivity index (χ2n) is 4.48. The molecule has 1 fully saturated rings. The highest BCUT2D eigenvalue weighted by Gasteiger charge is 2.28. The number of hydrogen-bond acceptors (Lipinski definition) is 5. The first-order valence-electron chi connectivity index (χ1n) is 5.82. The fourth-order valence-corrected chi connectivity index (χ4v) is 2.72. The molecule has 0 bridgehead atoms. The van der Waals surface area contributed by atoms with Gasteiger partial charge in [-0.25, -0.2) is 8.42 Å². The zero-order valence-electron chi connectivity index (χ0n) is 10.6. The van der Waals surface area contributed by atoms with Crippen LogP contribution in [0.25, 0.3) is 0 Å².